The first-order valence-corrected chi connectivity index (χ1v) is 16.7. The van der Waals surface area contributed by atoms with Crippen molar-refractivity contribution in [3.8, 4) is 17.2 Å². The van der Waals surface area contributed by atoms with E-state index in [0.29, 0.717) is 0 Å². The molecule has 0 unspecified atom stereocenters. The Kier molecular flexibility index (Phi) is 4.51. The Bertz CT molecular complexity index is 648. The molecule has 0 radical (unpaired) electrons. The van der Waals surface area contributed by atoms with Crippen LogP contribution in [0.2, 0.25) is 14.8 Å². The van der Waals surface area contributed by atoms with Crippen molar-refractivity contribution in [1.82, 2.24) is 0 Å². The molecule has 0 saturated carbocycles. The Hall–Kier alpha value is -1.31. The second-order valence-electron chi connectivity index (χ2n) is 6.02. The Morgan fingerprint density at radius 1 is 1.00 bits per heavy atom. The first kappa shape index (κ1) is 15.1. The van der Waals surface area contributed by atoms with Gasteiger partial charge in [-0.15, -0.1) is 0 Å². The van der Waals surface area contributed by atoms with Gasteiger partial charge in [0.2, 0.25) is 0 Å². The van der Waals surface area contributed by atoms with E-state index in [9.17, 15) is 5.26 Å². The number of aliphatic hydroxyl groups is 1. The molecule has 0 aliphatic rings. The Morgan fingerprint density at radius 3 is 2.15 bits per heavy atom. The van der Waals surface area contributed by atoms with Gasteiger partial charge in [0.05, 0.1) is 0 Å². The molecular formula is C17H19NOSn. The van der Waals surface area contributed by atoms with E-state index in [4.69, 9.17) is 5.11 Å². The molecule has 20 heavy (non-hydrogen) atoms. The number of rotatable bonds is 3. The molecule has 0 atom stereocenters. The normalized spacial score (nSPS) is 11.2. The van der Waals surface area contributed by atoms with Gasteiger partial charge in [0.15, 0.2) is 0 Å². The number of nitriles is 1. The van der Waals surface area contributed by atoms with E-state index in [2.05, 4.69) is 27.0 Å². The molecular weight excluding hydrogens is 353 g/mol. The van der Waals surface area contributed by atoms with Gasteiger partial charge in [-0.2, -0.15) is 0 Å². The molecule has 0 bridgehead atoms. The minimum atomic E-state index is -2.20. The number of hydrogen-bond acceptors (Lipinski definition) is 2. The molecule has 0 heterocycles. The Balaban J connectivity index is 2.53. The van der Waals surface area contributed by atoms with Crippen LogP contribution in [0.3, 0.4) is 0 Å². The van der Waals surface area contributed by atoms with Gasteiger partial charge in [0.1, 0.15) is 0 Å². The van der Waals surface area contributed by atoms with Gasteiger partial charge in [-0.05, 0) is 0 Å². The van der Waals surface area contributed by atoms with Gasteiger partial charge in [0.25, 0.3) is 0 Å². The van der Waals surface area contributed by atoms with Crippen LogP contribution in [0.1, 0.15) is 11.1 Å². The van der Waals surface area contributed by atoms with E-state index in [1.165, 1.54) is 3.58 Å². The fourth-order valence-corrected chi connectivity index (χ4v) is 5.45. The van der Waals surface area contributed by atoms with Crippen LogP contribution in [0, 0.1) is 11.3 Å². The summed E-state index contributed by atoms with van der Waals surface area (Å²) in [4.78, 5) is 7.05. The molecule has 0 fully saturated rings. The summed E-state index contributed by atoms with van der Waals surface area (Å²) in [6.45, 7) is 0.0577. The maximum absolute atomic E-state index is 9.22. The quantitative estimate of drug-likeness (QED) is 0.841. The van der Waals surface area contributed by atoms with Crippen molar-refractivity contribution in [3.05, 3.63) is 53.6 Å². The van der Waals surface area contributed by atoms with E-state index >= 15 is 0 Å². The van der Waals surface area contributed by atoms with E-state index in [0.717, 1.165) is 22.3 Å². The average Bonchev–Trinajstić information content (AvgIpc) is 2.46. The van der Waals surface area contributed by atoms with Crippen molar-refractivity contribution in [2.24, 2.45) is 0 Å². The van der Waals surface area contributed by atoms with Crippen LogP contribution < -0.4 is 3.58 Å². The molecule has 2 nitrogen and oxygen atoms in total. The van der Waals surface area contributed by atoms with Gasteiger partial charge in [-0.25, -0.2) is 0 Å². The molecule has 0 saturated heterocycles. The van der Waals surface area contributed by atoms with E-state index in [-0.39, 0.29) is 6.61 Å². The van der Waals surface area contributed by atoms with Gasteiger partial charge >= 0.3 is 125 Å². The summed E-state index contributed by atoms with van der Waals surface area (Å²) in [6, 6.07) is 16.3. The third-order valence-electron chi connectivity index (χ3n) is 3.40. The monoisotopic (exact) mass is 373 g/mol. The zero-order valence-corrected chi connectivity index (χ0v) is 15.0. The van der Waals surface area contributed by atoms with Gasteiger partial charge in [-0.3, -0.25) is 0 Å². The first-order valence-electron chi connectivity index (χ1n) is 6.70. The molecule has 0 amide bonds. The van der Waals surface area contributed by atoms with Crippen molar-refractivity contribution >= 4 is 22.0 Å². The topological polar surface area (TPSA) is 44.0 Å². The van der Waals surface area contributed by atoms with Crippen molar-refractivity contribution in [3.63, 3.8) is 0 Å². The van der Waals surface area contributed by atoms with Crippen molar-refractivity contribution in [2.75, 3.05) is 0 Å². The zero-order valence-electron chi connectivity index (χ0n) is 12.1. The minimum absolute atomic E-state index is 0.0577. The second-order valence-corrected chi connectivity index (χ2v) is 20.5. The third-order valence-corrected chi connectivity index (χ3v) is 9.17. The maximum atomic E-state index is 9.22. The number of aliphatic hydroxyl groups excluding tert-OH is 1. The molecule has 0 aliphatic heterocycles. The fraction of sp³-hybridized carbons (Fsp3) is 0.235. The first-order chi connectivity index (χ1) is 9.44. The molecule has 2 aromatic carbocycles. The van der Waals surface area contributed by atoms with E-state index in [1.54, 1.807) is 0 Å². The SMILES string of the molecule is [CH3][Sn]([CH3])([CH3])[c]1cc(C#N)cc(-c2ccc(CO)cc2)c1. The summed E-state index contributed by atoms with van der Waals surface area (Å²) >= 11 is -2.20. The Morgan fingerprint density at radius 2 is 1.65 bits per heavy atom. The predicted octanol–water partition coefficient (Wildman–Crippen LogP) is 3.26. The number of hydrogen-bond donors (Lipinski definition) is 1. The summed E-state index contributed by atoms with van der Waals surface area (Å²) in [7, 11) is 0. The van der Waals surface area contributed by atoms with Crippen LogP contribution >= 0.6 is 0 Å². The van der Waals surface area contributed by atoms with Gasteiger partial charge in [-0.1, -0.05) is 0 Å². The molecule has 0 aromatic heterocycles. The molecule has 2 aromatic rings. The van der Waals surface area contributed by atoms with E-state index < -0.39 is 18.4 Å². The van der Waals surface area contributed by atoms with Crippen LogP contribution in [0.25, 0.3) is 11.1 Å². The van der Waals surface area contributed by atoms with Crippen LogP contribution in [-0.4, -0.2) is 23.5 Å². The van der Waals surface area contributed by atoms with Crippen LogP contribution in [0.4, 0.5) is 0 Å². The molecule has 1 N–H and O–H groups in total. The summed E-state index contributed by atoms with van der Waals surface area (Å²) in [5, 5.41) is 18.3. The third kappa shape index (κ3) is 3.41. The summed E-state index contributed by atoms with van der Waals surface area (Å²) in [6.07, 6.45) is 0. The second kappa shape index (κ2) is 5.99. The molecule has 2 rings (SSSR count). The van der Waals surface area contributed by atoms with Crippen LogP contribution in [-0.2, 0) is 6.61 Å². The van der Waals surface area contributed by atoms with Crippen molar-refractivity contribution < 1.29 is 5.11 Å². The molecule has 102 valence electrons. The van der Waals surface area contributed by atoms with Crippen LogP contribution in [0.5, 0.6) is 0 Å². The molecule has 3 heteroatoms. The van der Waals surface area contributed by atoms with Crippen molar-refractivity contribution in [1.29, 1.82) is 5.26 Å². The van der Waals surface area contributed by atoms with Crippen LogP contribution in [0.15, 0.2) is 42.5 Å². The number of benzene rings is 2. The van der Waals surface area contributed by atoms with Gasteiger partial charge < -0.3 is 0 Å². The van der Waals surface area contributed by atoms with Gasteiger partial charge in [0, 0.05) is 0 Å². The summed E-state index contributed by atoms with van der Waals surface area (Å²) in [5.41, 5.74) is 3.82. The fourth-order valence-electron chi connectivity index (χ4n) is 2.09. The standard InChI is InChI=1S/C14H10NO.3CH3.Sn/c15-9-12-2-1-3-14(8-12)13-6-4-11(10-16)5-7-13;;;;/h2-8,16H,10H2;3*1H3;. The molecule has 0 aliphatic carbocycles. The predicted molar refractivity (Wildman–Crippen MR) is 85.5 cm³/mol. The summed E-state index contributed by atoms with van der Waals surface area (Å²) in [5.74, 6) is 0. The zero-order chi connectivity index (χ0) is 14.8. The van der Waals surface area contributed by atoms with E-state index in [1.807, 2.05) is 36.4 Å². The average molecular weight is 372 g/mol. The number of nitrogens with zero attached hydrogens (tertiary/aromatic N) is 1. The summed E-state index contributed by atoms with van der Waals surface area (Å²) < 4.78 is 1.36. The molecule has 0 spiro atoms. The van der Waals surface area contributed by atoms with Crippen molar-refractivity contribution in [2.45, 2.75) is 21.4 Å². The Labute approximate surface area is 124 Å².